The van der Waals surface area contributed by atoms with Crippen molar-refractivity contribution in [3.63, 3.8) is 0 Å². The molecule has 2 aromatic heterocycles. The Kier molecular flexibility index (Phi) is 7.91. The lowest BCUT2D eigenvalue weighted by atomic mass is 10.0. The van der Waals surface area contributed by atoms with Crippen LogP contribution in [0.15, 0.2) is 60.9 Å². The van der Waals surface area contributed by atoms with E-state index < -0.39 is 5.60 Å². The molecule has 0 spiro atoms. The van der Waals surface area contributed by atoms with Gasteiger partial charge in [0.15, 0.2) is 17.0 Å². The van der Waals surface area contributed by atoms with E-state index in [1.54, 1.807) is 0 Å². The minimum absolute atomic E-state index is 0.0497. The number of hydrogen-bond acceptors (Lipinski definition) is 7. The highest BCUT2D eigenvalue weighted by Crippen LogP contribution is 2.27. The molecule has 1 fully saturated rings. The van der Waals surface area contributed by atoms with Crippen LogP contribution in [-0.4, -0.2) is 43.3 Å². The molecule has 0 aliphatic heterocycles. The van der Waals surface area contributed by atoms with Gasteiger partial charge in [0.05, 0.1) is 6.33 Å². The molecule has 0 radical (unpaired) electrons. The molecule has 2 atom stereocenters. The van der Waals surface area contributed by atoms with E-state index in [-0.39, 0.29) is 24.2 Å². The topological polar surface area (TPSA) is 106 Å². The number of carbonyl (C=O) groups is 1. The second kappa shape index (κ2) is 11.5. The van der Waals surface area contributed by atoms with Gasteiger partial charge in [0.25, 0.3) is 0 Å². The summed E-state index contributed by atoms with van der Waals surface area (Å²) >= 11 is 0. The molecule has 40 heavy (non-hydrogen) atoms. The molecule has 0 unspecified atom stereocenters. The fraction of sp³-hybridized carbons (Fsp3) is 0.419. The minimum atomic E-state index is -0.518. The van der Waals surface area contributed by atoms with Gasteiger partial charge >= 0.3 is 6.09 Å². The van der Waals surface area contributed by atoms with Crippen molar-refractivity contribution in [3.8, 4) is 11.1 Å². The maximum Gasteiger partial charge on any atom is 0.407 e. The Labute approximate surface area is 235 Å². The van der Waals surface area contributed by atoms with Crippen molar-refractivity contribution in [1.29, 1.82) is 0 Å². The van der Waals surface area contributed by atoms with Gasteiger partial charge in [0.2, 0.25) is 5.95 Å². The van der Waals surface area contributed by atoms with Crippen molar-refractivity contribution < 1.29 is 9.53 Å². The van der Waals surface area contributed by atoms with Gasteiger partial charge in [-0.1, -0.05) is 54.6 Å². The molecule has 3 N–H and O–H groups in total. The number of rotatable bonds is 8. The zero-order chi connectivity index (χ0) is 28.3. The van der Waals surface area contributed by atoms with E-state index in [4.69, 9.17) is 14.7 Å². The van der Waals surface area contributed by atoms with Crippen molar-refractivity contribution in [2.24, 2.45) is 0 Å². The molecule has 2 heterocycles. The third-order valence-electron chi connectivity index (χ3n) is 6.99. The zero-order valence-corrected chi connectivity index (χ0v) is 23.9. The number of carbonyl (C=O) groups excluding carboxylic acids is 1. The quantitative estimate of drug-likeness (QED) is 0.232. The summed E-state index contributed by atoms with van der Waals surface area (Å²) in [6.07, 6.45) is 4.00. The molecule has 1 saturated carbocycles. The van der Waals surface area contributed by atoms with Crippen LogP contribution in [0.5, 0.6) is 0 Å². The van der Waals surface area contributed by atoms with Crippen molar-refractivity contribution in [2.45, 2.75) is 84.2 Å². The summed E-state index contributed by atoms with van der Waals surface area (Å²) in [5, 5.41) is 10.0. The van der Waals surface area contributed by atoms with Gasteiger partial charge in [-0.15, -0.1) is 0 Å². The first kappa shape index (κ1) is 27.4. The third-order valence-corrected chi connectivity index (χ3v) is 6.99. The fourth-order valence-corrected chi connectivity index (χ4v) is 5.01. The van der Waals surface area contributed by atoms with Crippen LogP contribution in [0.2, 0.25) is 0 Å². The first-order valence-electron chi connectivity index (χ1n) is 14.0. The first-order valence-corrected chi connectivity index (χ1v) is 14.0. The molecule has 1 amide bonds. The summed E-state index contributed by atoms with van der Waals surface area (Å²) < 4.78 is 7.48. The van der Waals surface area contributed by atoms with E-state index >= 15 is 0 Å². The van der Waals surface area contributed by atoms with Crippen molar-refractivity contribution in [3.05, 3.63) is 66.5 Å². The number of imidazole rings is 1. The largest absolute Gasteiger partial charge is 0.444 e. The van der Waals surface area contributed by atoms with E-state index in [1.165, 1.54) is 11.1 Å². The lowest BCUT2D eigenvalue weighted by molar-refractivity contribution is 0.0505. The van der Waals surface area contributed by atoms with E-state index in [2.05, 4.69) is 87.9 Å². The second-order valence-electron chi connectivity index (χ2n) is 11.7. The molecule has 1 aliphatic rings. The van der Waals surface area contributed by atoms with Gasteiger partial charge in [-0.25, -0.2) is 9.78 Å². The van der Waals surface area contributed by atoms with Crippen LogP contribution in [0.4, 0.5) is 16.6 Å². The molecule has 1 aliphatic carbocycles. The highest BCUT2D eigenvalue weighted by molar-refractivity contribution is 5.84. The summed E-state index contributed by atoms with van der Waals surface area (Å²) in [7, 11) is 0. The molecule has 9 heteroatoms. The van der Waals surface area contributed by atoms with Gasteiger partial charge in [-0.05, 0) is 70.6 Å². The van der Waals surface area contributed by atoms with Crippen molar-refractivity contribution in [1.82, 2.24) is 24.8 Å². The van der Waals surface area contributed by atoms with Gasteiger partial charge in [-0.3, -0.25) is 0 Å². The van der Waals surface area contributed by atoms with Crippen LogP contribution in [0, 0.1) is 0 Å². The first-order chi connectivity index (χ1) is 19.1. The Balaban J connectivity index is 1.29. The SMILES string of the molecule is CC(C)n1cnc2c(NCc3ccc(-c4ccccc4)cc3)nc(N[C@H]3CC[C@@H](NC(=O)OC(C)(C)C)C3)nc21. The van der Waals surface area contributed by atoms with Crippen molar-refractivity contribution in [2.75, 3.05) is 10.6 Å². The number of aromatic nitrogens is 4. The van der Waals surface area contributed by atoms with Crippen LogP contribution in [0.1, 0.15) is 65.5 Å². The number of benzene rings is 2. The molecule has 210 valence electrons. The fourth-order valence-electron chi connectivity index (χ4n) is 5.01. The maximum absolute atomic E-state index is 12.2. The number of alkyl carbamates (subject to hydrolysis) is 1. The number of amides is 1. The van der Waals surface area contributed by atoms with Gasteiger partial charge in [-0.2, -0.15) is 9.97 Å². The van der Waals surface area contributed by atoms with Gasteiger partial charge < -0.3 is 25.3 Å². The number of nitrogens with zero attached hydrogens (tertiary/aromatic N) is 4. The van der Waals surface area contributed by atoms with E-state index in [0.29, 0.717) is 18.3 Å². The Morgan fingerprint density at radius 3 is 2.40 bits per heavy atom. The summed E-state index contributed by atoms with van der Waals surface area (Å²) in [6, 6.07) is 19.3. The number of hydrogen-bond donors (Lipinski definition) is 3. The number of fused-ring (bicyclic) bond motifs is 1. The van der Waals surface area contributed by atoms with E-state index in [1.807, 2.05) is 33.2 Å². The van der Waals surface area contributed by atoms with E-state index in [0.717, 1.165) is 36.0 Å². The predicted molar refractivity (Wildman–Crippen MR) is 159 cm³/mol. The molecule has 9 nitrogen and oxygen atoms in total. The normalized spacial score (nSPS) is 17.2. The number of ether oxygens (including phenoxy) is 1. The highest BCUT2D eigenvalue weighted by Gasteiger charge is 2.28. The lowest BCUT2D eigenvalue weighted by Crippen LogP contribution is -2.38. The van der Waals surface area contributed by atoms with E-state index in [9.17, 15) is 4.79 Å². The monoisotopic (exact) mass is 541 g/mol. The molecule has 4 aromatic rings. The summed E-state index contributed by atoms with van der Waals surface area (Å²) in [4.78, 5) is 26.5. The highest BCUT2D eigenvalue weighted by atomic mass is 16.6. The van der Waals surface area contributed by atoms with Gasteiger partial charge in [0.1, 0.15) is 5.60 Å². The zero-order valence-electron chi connectivity index (χ0n) is 23.9. The average Bonchev–Trinajstić information content (AvgIpc) is 3.54. The smallest absolute Gasteiger partial charge is 0.407 e. The number of nitrogens with one attached hydrogen (secondary N) is 3. The predicted octanol–water partition coefficient (Wildman–Crippen LogP) is 6.54. The summed E-state index contributed by atoms with van der Waals surface area (Å²) in [6.45, 7) is 10.4. The summed E-state index contributed by atoms with van der Waals surface area (Å²) in [5.74, 6) is 1.25. The second-order valence-corrected chi connectivity index (χ2v) is 11.7. The van der Waals surface area contributed by atoms with Gasteiger partial charge in [0, 0.05) is 24.7 Å². The van der Waals surface area contributed by atoms with Crippen LogP contribution in [0.25, 0.3) is 22.3 Å². The van der Waals surface area contributed by atoms with Crippen molar-refractivity contribution >= 4 is 29.0 Å². The Morgan fingerprint density at radius 1 is 1.00 bits per heavy atom. The molecule has 0 bridgehead atoms. The molecular weight excluding hydrogens is 502 g/mol. The van der Waals surface area contributed by atoms with Crippen LogP contribution < -0.4 is 16.0 Å². The molecular formula is C31H39N7O2. The van der Waals surface area contributed by atoms with Crippen LogP contribution >= 0.6 is 0 Å². The Morgan fingerprint density at radius 2 is 1.70 bits per heavy atom. The maximum atomic E-state index is 12.2. The Hall–Kier alpha value is -4.14. The molecule has 2 aromatic carbocycles. The Bertz CT molecular complexity index is 1440. The van der Waals surface area contributed by atoms with Crippen LogP contribution in [0.3, 0.4) is 0 Å². The number of anilines is 2. The lowest BCUT2D eigenvalue weighted by Gasteiger charge is -2.22. The third kappa shape index (κ3) is 6.70. The van der Waals surface area contributed by atoms with Crippen LogP contribution in [-0.2, 0) is 11.3 Å². The average molecular weight is 542 g/mol. The standard InChI is InChI=1S/C31H39N7O2/c1-20(2)38-19-33-26-27(32-18-21-11-13-23(14-12-21)22-9-7-6-8-10-22)36-29(37-28(26)38)34-24-15-16-25(17-24)35-30(39)40-31(3,4)5/h6-14,19-20,24-25H,15-18H2,1-5H3,(H,35,39)(H2,32,34,36,37)/t24-,25+/m0/s1. The molecule has 5 rings (SSSR count). The minimum Gasteiger partial charge on any atom is -0.444 e. The molecule has 0 saturated heterocycles. The summed E-state index contributed by atoms with van der Waals surface area (Å²) in [5.41, 5.74) is 4.55.